The highest BCUT2D eigenvalue weighted by Crippen LogP contribution is 2.19. The lowest BCUT2D eigenvalue weighted by Gasteiger charge is -2.34. The Labute approximate surface area is 164 Å². The Morgan fingerprint density at radius 3 is 2.71 bits per heavy atom. The van der Waals surface area contributed by atoms with Crippen molar-refractivity contribution in [1.82, 2.24) is 19.8 Å². The van der Waals surface area contributed by atoms with Crippen molar-refractivity contribution in [3.8, 4) is 5.75 Å². The van der Waals surface area contributed by atoms with E-state index >= 15 is 0 Å². The second-order valence-corrected chi connectivity index (χ2v) is 7.02. The summed E-state index contributed by atoms with van der Waals surface area (Å²) in [6.45, 7) is 4.17. The van der Waals surface area contributed by atoms with E-state index < -0.39 is 0 Å². The van der Waals surface area contributed by atoms with Crippen LogP contribution in [-0.2, 0) is 6.42 Å². The second kappa shape index (κ2) is 8.80. The number of hydrogen-bond donors (Lipinski definition) is 0. The molecule has 1 aliphatic heterocycles. The van der Waals surface area contributed by atoms with Gasteiger partial charge in [-0.1, -0.05) is 12.1 Å². The Morgan fingerprint density at radius 1 is 1.04 bits per heavy atom. The first-order chi connectivity index (χ1) is 13.8. The third kappa shape index (κ3) is 4.64. The second-order valence-electron chi connectivity index (χ2n) is 7.02. The molecule has 6 heteroatoms. The minimum atomic E-state index is -0.287. The van der Waals surface area contributed by atoms with Gasteiger partial charge in [-0.15, -0.1) is 0 Å². The van der Waals surface area contributed by atoms with Gasteiger partial charge < -0.3 is 9.64 Å². The van der Waals surface area contributed by atoms with E-state index in [1.54, 1.807) is 17.3 Å². The first-order valence-corrected chi connectivity index (χ1v) is 9.71. The molecule has 1 fully saturated rings. The molecule has 0 N–H and O–H groups in total. The molecule has 0 atom stereocenters. The van der Waals surface area contributed by atoms with Gasteiger partial charge in [-0.3, -0.25) is 14.9 Å². The topological polar surface area (TPSA) is 58.6 Å². The zero-order chi connectivity index (χ0) is 19.2. The monoisotopic (exact) mass is 376 g/mol. The number of carbonyl (C=O) groups is 1. The molecule has 0 unspecified atom stereocenters. The van der Waals surface area contributed by atoms with Crippen molar-refractivity contribution in [2.45, 2.75) is 12.8 Å². The maximum absolute atomic E-state index is 12.5. The van der Waals surface area contributed by atoms with E-state index in [4.69, 9.17) is 4.74 Å². The molecule has 2 aromatic heterocycles. The molecule has 1 amide bonds. The van der Waals surface area contributed by atoms with Crippen molar-refractivity contribution in [1.29, 1.82) is 0 Å². The summed E-state index contributed by atoms with van der Waals surface area (Å²) in [5.41, 5.74) is 2.10. The minimum absolute atomic E-state index is 0.287. The SMILES string of the molecule is O=C(Oc1ccc2cccnc2c1)N1CCN(CCCc2cccnc2)CC1. The number of benzene rings is 1. The zero-order valence-electron chi connectivity index (χ0n) is 15.8. The lowest BCUT2D eigenvalue weighted by molar-refractivity contribution is 0.110. The van der Waals surface area contributed by atoms with Crippen LogP contribution < -0.4 is 4.74 Å². The zero-order valence-corrected chi connectivity index (χ0v) is 15.8. The highest BCUT2D eigenvalue weighted by Gasteiger charge is 2.22. The fraction of sp³-hybridized carbons (Fsp3) is 0.318. The third-order valence-electron chi connectivity index (χ3n) is 5.08. The van der Waals surface area contributed by atoms with Crippen LogP contribution in [0.15, 0.2) is 61.1 Å². The molecule has 6 nitrogen and oxygen atoms in total. The predicted molar refractivity (Wildman–Crippen MR) is 108 cm³/mol. The molecule has 0 saturated carbocycles. The molecular weight excluding hydrogens is 352 g/mol. The van der Waals surface area contributed by atoms with E-state index in [1.165, 1.54) is 5.56 Å². The summed E-state index contributed by atoms with van der Waals surface area (Å²) < 4.78 is 5.56. The molecule has 0 spiro atoms. The summed E-state index contributed by atoms with van der Waals surface area (Å²) >= 11 is 0. The number of rotatable bonds is 5. The van der Waals surface area contributed by atoms with Gasteiger partial charge in [0.25, 0.3) is 0 Å². The number of fused-ring (bicyclic) bond motifs is 1. The van der Waals surface area contributed by atoms with E-state index in [1.807, 2.05) is 42.6 Å². The number of nitrogens with zero attached hydrogens (tertiary/aromatic N) is 4. The van der Waals surface area contributed by atoms with Gasteiger partial charge >= 0.3 is 6.09 Å². The van der Waals surface area contributed by atoms with Crippen molar-refractivity contribution >= 4 is 17.0 Å². The Balaban J connectivity index is 1.23. The molecule has 0 bridgehead atoms. The number of amides is 1. The van der Waals surface area contributed by atoms with E-state index in [9.17, 15) is 4.79 Å². The Hall–Kier alpha value is -2.99. The van der Waals surface area contributed by atoms with Gasteiger partial charge in [0.1, 0.15) is 5.75 Å². The Kier molecular flexibility index (Phi) is 5.77. The van der Waals surface area contributed by atoms with Gasteiger partial charge in [-0.2, -0.15) is 0 Å². The van der Waals surface area contributed by atoms with Crippen LogP contribution in [0, 0.1) is 0 Å². The number of carbonyl (C=O) groups excluding carboxylic acids is 1. The lowest BCUT2D eigenvalue weighted by Crippen LogP contribution is -2.49. The molecule has 0 radical (unpaired) electrons. The van der Waals surface area contributed by atoms with E-state index in [2.05, 4.69) is 20.9 Å². The van der Waals surface area contributed by atoms with Crippen molar-refractivity contribution in [3.05, 3.63) is 66.6 Å². The quantitative estimate of drug-likeness (QED) is 0.683. The molecular formula is C22H24N4O2. The van der Waals surface area contributed by atoms with Crippen LogP contribution in [0.5, 0.6) is 5.75 Å². The Morgan fingerprint density at radius 2 is 1.89 bits per heavy atom. The third-order valence-corrected chi connectivity index (χ3v) is 5.08. The molecule has 3 heterocycles. The molecule has 28 heavy (non-hydrogen) atoms. The maximum Gasteiger partial charge on any atom is 0.415 e. The first kappa shape index (κ1) is 18.4. The number of aryl methyl sites for hydroxylation is 1. The number of aromatic nitrogens is 2. The molecule has 1 aliphatic rings. The van der Waals surface area contributed by atoms with Crippen LogP contribution in [0.3, 0.4) is 0 Å². The van der Waals surface area contributed by atoms with Gasteiger partial charge in [-0.25, -0.2) is 4.79 Å². The summed E-state index contributed by atoms with van der Waals surface area (Å²) in [4.78, 5) is 25.1. The average Bonchev–Trinajstić information content (AvgIpc) is 2.75. The maximum atomic E-state index is 12.5. The van der Waals surface area contributed by atoms with Crippen LogP contribution in [0.2, 0.25) is 0 Å². The van der Waals surface area contributed by atoms with Crippen molar-refractivity contribution in [2.75, 3.05) is 32.7 Å². The highest BCUT2D eigenvalue weighted by molar-refractivity contribution is 5.81. The molecule has 144 valence electrons. The number of hydrogen-bond acceptors (Lipinski definition) is 5. The molecule has 4 rings (SSSR count). The van der Waals surface area contributed by atoms with E-state index in [-0.39, 0.29) is 6.09 Å². The summed E-state index contributed by atoms with van der Waals surface area (Å²) in [5, 5.41) is 1.03. The fourth-order valence-electron chi connectivity index (χ4n) is 3.48. The van der Waals surface area contributed by atoms with E-state index in [0.717, 1.165) is 43.4 Å². The van der Waals surface area contributed by atoms with Crippen LogP contribution in [0.25, 0.3) is 10.9 Å². The van der Waals surface area contributed by atoms with Gasteiger partial charge in [0.15, 0.2) is 0 Å². The van der Waals surface area contributed by atoms with Crippen molar-refractivity contribution in [2.24, 2.45) is 0 Å². The molecule has 0 aliphatic carbocycles. The van der Waals surface area contributed by atoms with Crippen molar-refractivity contribution < 1.29 is 9.53 Å². The van der Waals surface area contributed by atoms with Crippen molar-refractivity contribution in [3.63, 3.8) is 0 Å². The fourth-order valence-corrected chi connectivity index (χ4v) is 3.48. The van der Waals surface area contributed by atoms with Crippen LogP contribution in [-0.4, -0.2) is 58.6 Å². The van der Waals surface area contributed by atoms with Gasteiger partial charge in [0, 0.05) is 56.2 Å². The largest absolute Gasteiger partial charge is 0.415 e. The Bertz CT molecular complexity index is 924. The van der Waals surface area contributed by atoms with Gasteiger partial charge in [0.2, 0.25) is 0 Å². The normalized spacial score (nSPS) is 14.9. The number of piperazine rings is 1. The van der Waals surface area contributed by atoms with Crippen LogP contribution in [0.1, 0.15) is 12.0 Å². The summed E-state index contributed by atoms with van der Waals surface area (Å²) in [7, 11) is 0. The van der Waals surface area contributed by atoms with Crippen LogP contribution >= 0.6 is 0 Å². The first-order valence-electron chi connectivity index (χ1n) is 9.71. The van der Waals surface area contributed by atoms with Gasteiger partial charge in [-0.05, 0) is 49.2 Å². The smallest absolute Gasteiger partial charge is 0.410 e. The lowest BCUT2D eigenvalue weighted by atomic mass is 10.1. The number of pyridine rings is 2. The number of ether oxygens (including phenoxy) is 1. The van der Waals surface area contributed by atoms with Gasteiger partial charge in [0.05, 0.1) is 5.52 Å². The summed E-state index contributed by atoms with van der Waals surface area (Å²) in [6, 6.07) is 13.5. The van der Waals surface area contributed by atoms with Crippen LogP contribution in [0.4, 0.5) is 4.79 Å². The molecule has 1 saturated heterocycles. The summed E-state index contributed by atoms with van der Waals surface area (Å²) in [5.74, 6) is 0.537. The predicted octanol–water partition coefficient (Wildman–Crippen LogP) is 3.38. The highest BCUT2D eigenvalue weighted by atomic mass is 16.6. The molecule has 3 aromatic rings. The molecule has 1 aromatic carbocycles. The average molecular weight is 376 g/mol. The standard InChI is InChI=1S/C22H24N4O2/c27-22(28-20-8-7-19-6-2-10-24-21(19)16-20)26-14-12-25(13-15-26)11-3-5-18-4-1-9-23-17-18/h1-2,4,6-10,16-17H,3,5,11-15H2. The minimum Gasteiger partial charge on any atom is -0.410 e. The summed E-state index contributed by atoms with van der Waals surface area (Å²) in [6.07, 6.45) is 7.31. The van der Waals surface area contributed by atoms with E-state index in [0.29, 0.717) is 18.8 Å².